The summed E-state index contributed by atoms with van der Waals surface area (Å²) in [5.74, 6) is -1.33. The highest BCUT2D eigenvalue weighted by atomic mass is 35.5. The number of benzene rings is 2. The van der Waals surface area contributed by atoms with Crippen LogP contribution in [-0.2, 0) is 26.2 Å². The molecule has 2 amide bonds. The molecule has 196 valence electrons. The molecule has 0 aromatic heterocycles. The summed E-state index contributed by atoms with van der Waals surface area (Å²) in [5, 5.41) is 3.38. The van der Waals surface area contributed by atoms with Gasteiger partial charge in [0.25, 0.3) is 0 Å². The standard InChI is InChI=1S/C25H30Cl2FN3O4S/c1-3-22(25(33)29-20-6-4-5-7-20)30(15-17-8-11-19(28)12-9-17)24(32)16-31(36(2,34)35)23-14-18(26)10-13-21(23)27/h8-14,20,22H,3-7,15-16H2,1-2H3,(H,29,33)/t22-/m1/s1. The van der Waals surface area contributed by atoms with E-state index in [1.807, 2.05) is 0 Å². The quantitative estimate of drug-likeness (QED) is 0.456. The molecule has 1 saturated carbocycles. The van der Waals surface area contributed by atoms with Gasteiger partial charge < -0.3 is 10.2 Å². The van der Waals surface area contributed by atoms with Crippen molar-refractivity contribution in [3.05, 3.63) is 63.9 Å². The number of carbonyl (C=O) groups excluding carboxylic acids is 2. The molecule has 0 aliphatic heterocycles. The summed E-state index contributed by atoms with van der Waals surface area (Å²) in [5.41, 5.74) is 0.661. The van der Waals surface area contributed by atoms with Gasteiger partial charge in [-0.15, -0.1) is 0 Å². The lowest BCUT2D eigenvalue weighted by Gasteiger charge is -2.33. The molecule has 0 spiro atoms. The first-order valence-electron chi connectivity index (χ1n) is 11.8. The molecule has 2 aromatic carbocycles. The van der Waals surface area contributed by atoms with E-state index in [0.29, 0.717) is 12.0 Å². The molecule has 1 atom stereocenters. The number of nitrogens with zero attached hydrogens (tertiary/aromatic N) is 2. The minimum absolute atomic E-state index is 0.00339. The van der Waals surface area contributed by atoms with Gasteiger partial charge in [-0.1, -0.05) is 55.1 Å². The van der Waals surface area contributed by atoms with Gasteiger partial charge in [-0.2, -0.15) is 0 Å². The first-order chi connectivity index (χ1) is 17.0. The molecule has 1 aliphatic rings. The van der Waals surface area contributed by atoms with Crippen molar-refractivity contribution < 1.29 is 22.4 Å². The summed E-state index contributed by atoms with van der Waals surface area (Å²) in [7, 11) is -3.94. The molecular formula is C25H30Cl2FN3O4S. The maximum atomic E-state index is 13.7. The fraction of sp³-hybridized carbons (Fsp3) is 0.440. The lowest BCUT2D eigenvalue weighted by atomic mass is 10.1. The highest BCUT2D eigenvalue weighted by molar-refractivity contribution is 7.92. The molecule has 0 bridgehead atoms. The van der Waals surface area contributed by atoms with Gasteiger partial charge in [0, 0.05) is 17.6 Å². The molecule has 1 aliphatic carbocycles. The third-order valence-corrected chi connectivity index (χ3v) is 7.89. The zero-order valence-corrected chi connectivity index (χ0v) is 22.5. The molecule has 7 nitrogen and oxygen atoms in total. The Hall–Kier alpha value is -2.36. The predicted octanol–water partition coefficient (Wildman–Crippen LogP) is 4.76. The largest absolute Gasteiger partial charge is 0.352 e. The van der Waals surface area contributed by atoms with E-state index < -0.39 is 34.3 Å². The van der Waals surface area contributed by atoms with E-state index in [0.717, 1.165) is 36.2 Å². The number of hydrogen-bond donors (Lipinski definition) is 1. The highest BCUT2D eigenvalue weighted by Gasteiger charge is 2.33. The second-order valence-corrected chi connectivity index (χ2v) is 11.7. The molecule has 0 heterocycles. The van der Waals surface area contributed by atoms with Crippen molar-refractivity contribution in [2.75, 3.05) is 17.1 Å². The minimum atomic E-state index is -3.94. The molecule has 3 rings (SSSR count). The van der Waals surface area contributed by atoms with Gasteiger partial charge in [-0.3, -0.25) is 13.9 Å². The van der Waals surface area contributed by atoms with Crippen molar-refractivity contribution in [2.45, 2.75) is 57.7 Å². The Morgan fingerprint density at radius 2 is 1.75 bits per heavy atom. The van der Waals surface area contributed by atoms with E-state index in [4.69, 9.17) is 23.2 Å². The number of rotatable bonds is 10. The minimum Gasteiger partial charge on any atom is -0.352 e. The van der Waals surface area contributed by atoms with Crippen LogP contribution < -0.4 is 9.62 Å². The SMILES string of the molecule is CC[C@H](C(=O)NC1CCCC1)N(Cc1ccc(F)cc1)C(=O)CN(c1cc(Cl)ccc1Cl)S(C)(=O)=O. The number of amides is 2. The second kappa shape index (κ2) is 12.3. The average molecular weight is 559 g/mol. The molecule has 1 fully saturated rings. The van der Waals surface area contributed by atoms with Crippen LogP contribution in [0.1, 0.15) is 44.6 Å². The summed E-state index contributed by atoms with van der Waals surface area (Å²) in [6.45, 7) is 1.19. The van der Waals surface area contributed by atoms with Crippen LogP contribution in [0.5, 0.6) is 0 Å². The monoisotopic (exact) mass is 557 g/mol. The molecule has 11 heteroatoms. The Morgan fingerprint density at radius 3 is 2.33 bits per heavy atom. The van der Waals surface area contributed by atoms with Crippen LogP contribution >= 0.6 is 23.2 Å². The fourth-order valence-electron chi connectivity index (χ4n) is 4.35. The molecule has 0 saturated heterocycles. The molecule has 0 radical (unpaired) electrons. The molecule has 0 unspecified atom stereocenters. The summed E-state index contributed by atoms with van der Waals surface area (Å²) >= 11 is 12.3. The first-order valence-corrected chi connectivity index (χ1v) is 14.4. The van der Waals surface area contributed by atoms with Crippen LogP contribution in [0.25, 0.3) is 0 Å². The Morgan fingerprint density at radius 1 is 1.11 bits per heavy atom. The average Bonchev–Trinajstić information content (AvgIpc) is 3.32. The van der Waals surface area contributed by atoms with Crippen LogP contribution in [0.4, 0.5) is 10.1 Å². The lowest BCUT2D eigenvalue weighted by molar-refractivity contribution is -0.140. The molecule has 1 N–H and O–H groups in total. The third-order valence-electron chi connectivity index (χ3n) is 6.21. The summed E-state index contributed by atoms with van der Waals surface area (Å²) in [4.78, 5) is 28.3. The van der Waals surface area contributed by atoms with Crippen molar-refractivity contribution in [3.63, 3.8) is 0 Å². The maximum absolute atomic E-state index is 13.7. The van der Waals surface area contributed by atoms with Gasteiger partial charge in [-0.05, 0) is 55.2 Å². The number of hydrogen-bond acceptors (Lipinski definition) is 4. The van der Waals surface area contributed by atoms with E-state index >= 15 is 0 Å². The number of halogens is 3. The van der Waals surface area contributed by atoms with Crippen LogP contribution in [0.2, 0.25) is 10.0 Å². The van der Waals surface area contributed by atoms with Crippen molar-refractivity contribution in [1.82, 2.24) is 10.2 Å². The van der Waals surface area contributed by atoms with E-state index in [9.17, 15) is 22.4 Å². The van der Waals surface area contributed by atoms with Crippen LogP contribution in [0.3, 0.4) is 0 Å². The Kier molecular flexibility index (Phi) is 9.60. The normalized spacial score (nSPS) is 14.9. The third kappa shape index (κ3) is 7.33. The van der Waals surface area contributed by atoms with Gasteiger partial charge in [0.05, 0.1) is 17.0 Å². The van der Waals surface area contributed by atoms with E-state index in [2.05, 4.69) is 5.32 Å². The van der Waals surface area contributed by atoms with Gasteiger partial charge in [0.2, 0.25) is 21.8 Å². The van der Waals surface area contributed by atoms with Crippen LogP contribution in [0.15, 0.2) is 42.5 Å². The zero-order valence-electron chi connectivity index (χ0n) is 20.2. The number of sulfonamides is 1. The van der Waals surface area contributed by atoms with Crippen molar-refractivity contribution in [3.8, 4) is 0 Å². The van der Waals surface area contributed by atoms with Gasteiger partial charge in [0.1, 0.15) is 18.4 Å². The smallest absolute Gasteiger partial charge is 0.244 e. The molecular weight excluding hydrogens is 528 g/mol. The molecule has 36 heavy (non-hydrogen) atoms. The van der Waals surface area contributed by atoms with E-state index in [1.54, 1.807) is 6.92 Å². The van der Waals surface area contributed by atoms with E-state index in [-0.39, 0.29) is 34.2 Å². The fourth-order valence-corrected chi connectivity index (χ4v) is 5.63. The summed E-state index contributed by atoms with van der Waals surface area (Å²) in [6, 6.07) is 9.12. The Labute approximate surface area is 221 Å². The van der Waals surface area contributed by atoms with E-state index in [1.165, 1.54) is 47.4 Å². The van der Waals surface area contributed by atoms with Crippen molar-refractivity contribution >= 4 is 50.7 Å². The van der Waals surface area contributed by atoms with Crippen LogP contribution in [0, 0.1) is 5.82 Å². The summed E-state index contributed by atoms with van der Waals surface area (Å²) in [6.07, 6.45) is 5.09. The maximum Gasteiger partial charge on any atom is 0.244 e. The number of anilines is 1. The van der Waals surface area contributed by atoms with Crippen LogP contribution in [-0.4, -0.2) is 50.0 Å². The van der Waals surface area contributed by atoms with Gasteiger partial charge in [0.15, 0.2) is 0 Å². The number of nitrogens with one attached hydrogen (secondary N) is 1. The Bertz CT molecular complexity index is 1190. The summed E-state index contributed by atoms with van der Waals surface area (Å²) < 4.78 is 39.7. The van der Waals surface area contributed by atoms with Crippen molar-refractivity contribution in [2.24, 2.45) is 0 Å². The van der Waals surface area contributed by atoms with Gasteiger partial charge >= 0.3 is 0 Å². The Balaban J connectivity index is 1.94. The first kappa shape index (κ1) is 28.2. The number of carbonyl (C=O) groups is 2. The zero-order chi connectivity index (χ0) is 26.5. The van der Waals surface area contributed by atoms with Crippen molar-refractivity contribution in [1.29, 1.82) is 0 Å². The topological polar surface area (TPSA) is 86.8 Å². The van der Waals surface area contributed by atoms with Gasteiger partial charge in [-0.25, -0.2) is 12.8 Å². The lowest BCUT2D eigenvalue weighted by Crippen LogP contribution is -2.53. The molecule has 2 aromatic rings. The second-order valence-electron chi connectivity index (χ2n) is 8.93. The predicted molar refractivity (Wildman–Crippen MR) is 140 cm³/mol. The highest BCUT2D eigenvalue weighted by Crippen LogP contribution is 2.31.